The summed E-state index contributed by atoms with van der Waals surface area (Å²) >= 11 is 1.42. The van der Waals surface area contributed by atoms with Gasteiger partial charge in [-0.15, -0.1) is 11.3 Å². The fraction of sp³-hybridized carbons (Fsp3) is 0.222. The van der Waals surface area contributed by atoms with Crippen molar-refractivity contribution in [2.75, 3.05) is 19.5 Å². The van der Waals surface area contributed by atoms with Crippen LogP contribution < -0.4 is 14.8 Å². The minimum absolute atomic E-state index is 0.276. The van der Waals surface area contributed by atoms with Crippen molar-refractivity contribution in [3.05, 3.63) is 46.7 Å². The highest BCUT2D eigenvalue weighted by Gasteiger charge is 2.19. The molecule has 0 bridgehead atoms. The summed E-state index contributed by atoms with van der Waals surface area (Å²) < 4.78 is 15.9. The number of anilines is 1. The Morgan fingerprint density at radius 1 is 1.20 bits per heavy atom. The number of aromatic nitrogens is 1. The molecule has 0 atom stereocenters. The fourth-order valence-corrected chi connectivity index (χ4v) is 3.29. The van der Waals surface area contributed by atoms with Gasteiger partial charge in [-0.1, -0.05) is 0 Å². The molecule has 0 saturated heterocycles. The average Bonchev–Trinajstić information content (AvgIpc) is 3.25. The van der Waals surface area contributed by atoms with Crippen molar-refractivity contribution in [1.82, 2.24) is 4.98 Å². The van der Waals surface area contributed by atoms with E-state index < -0.39 is 0 Å². The molecule has 25 heavy (non-hydrogen) atoms. The molecule has 130 valence electrons. The molecule has 3 aromatic rings. The van der Waals surface area contributed by atoms with E-state index in [-0.39, 0.29) is 5.91 Å². The van der Waals surface area contributed by atoms with E-state index in [2.05, 4.69) is 10.3 Å². The van der Waals surface area contributed by atoms with Crippen LogP contribution in [0.25, 0.3) is 10.8 Å². The third-order valence-corrected chi connectivity index (χ3v) is 4.71. The van der Waals surface area contributed by atoms with Crippen LogP contribution in [-0.2, 0) is 0 Å². The second-order valence-electron chi connectivity index (χ2n) is 5.38. The molecule has 0 unspecified atom stereocenters. The number of nitrogens with one attached hydrogen (secondary N) is 1. The van der Waals surface area contributed by atoms with Crippen molar-refractivity contribution in [2.24, 2.45) is 0 Å². The summed E-state index contributed by atoms with van der Waals surface area (Å²) in [7, 11) is 3.13. The summed E-state index contributed by atoms with van der Waals surface area (Å²) in [6, 6.07) is 7.16. The predicted molar refractivity (Wildman–Crippen MR) is 96.8 cm³/mol. The molecule has 2 aromatic heterocycles. The molecule has 7 heteroatoms. The first-order valence-corrected chi connectivity index (χ1v) is 8.40. The van der Waals surface area contributed by atoms with E-state index in [1.165, 1.54) is 11.3 Å². The average molecular weight is 358 g/mol. The Labute approximate surface area is 149 Å². The first-order valence-electron chi connectivity index (χ1n) is 7.58. The van der Waals surface area contributed by atoms with Gasteiger partial charge < -0.3 is 19.2 Å². The maximum Gasteiger partial charge on any atom is 0.275 e. The first-order chi connectivity index (χ1) is 12.0. The van der Waals surface area contributed by atoms with Crippen LogP contribution in [0.5, 0.6) is 11.5 Å². The van der Waals surface area contributed by atoms with Gasteiger partial charge in [0.25, 0.3) is 5.91 Å². The van der Waals surface area contributed by atoms with Crippen LogP contribution in [0.1, 0.15) is 20.9 Å². The molecule has 0 saturated carbocycles. The van der Waals surface area contributed by atoms with Crippen LogP contribution >= 0.6 is 11.3 Å². The summed E-state index contributed by atoms with van der Waals surface area (Å²) in [5, 5.41) is 3.57. The van der Waals surface area contributed by atoms with Gasteiger partial charge in [-0.3, -0.25) is 4.79 Å². The monoisotopic (exact) mass is 358 g/mol. The molecule has 2 heterocycles. The number of methoxy groups -OCH3 is 2. The normalized spacial score (nSPS) is 10.6. The zero-order valence-corrected chi connectivity index (χ0v) is 15.2. The van der Waals surface area contributed by atoms with Crippen LogP contribution in [0, 0.1) is 13.8 Å². The number of amides is 1. The third-order valence-electron chi connectivity index (χ3n) is 3.72. The number of hydrogen-bond acceptors (Lipinski definition) is 6. The lowest BCUT2D eigenvalue weighted by molar-refractivity contribution is 0.102. The van der Waals surface area contributed by atoms with Gasteiger partial charge in [0.2, 0.25) is 0 Å². The SMILES string of the molecule is COc1cc(C)c(NC(=O)c2nc(-c3ccco3)sc2C)cc1OC. The molecule has 0 spiro atoms. The Morgan fingerprint density at radius 3 is 2.56 bits per heavy atom. The van der Waals surface area contributed by atoms with Crippen molar-refractivity contribution in [1.29, 1.82) is 0 Å². The summed E-state index contributed by atoms with van der Waals surface area (Å²) in [5.74, 6) is 1.54. The molecule has 3 rings (SSSR count). The van der Waals surface area contributed by atoms with Crippen molar-refractivity contribution >= 4 is 22.9 Å². The van der Waals surface area contributed by atoms with Gasteiger partial charge in [0.1, 0.15) is 5.69 Å². The zero-order chi connectivity index (χ0) is 18.0. The molecule has 0 fully saturated rings. The molecule has 0 aliphatic heterocycles. The van der Waals surface area contributed by atoms with Crippen LogP contribution in [0.3, 0.4) is 0 Å². The highest BCUT2D eigenvalue weighted by molar-refractivity contribution is 7.15. The maximum atomic E-state index is 12.7. The molecule has 6 nitrogen and oxygen atoms in total. The van der Waals surface area contributed by atoms with E-state index in [1.54, 1.807) is 32.6 Å². The number of hydrogen-bond donors (Lipinski definition) is 1. The van der Waals surface area contributed by atoms with E-state index >= 15 is 0 Å². The number of nitrogens with zero attached hydrogens (tertiary/aromatic N) is 1. The van der Waals surface area contributed by atoms with E-state index in [4.69, 9.17) is 13.9 Å². The Balaban J connectivity index is 1.88. The van der Waals surface area contributed by atoms with Crippen molar-refractivity contribution in [3.63, 3.8) is 0 Å². The van der Waals surface area contributed by atoms with Crippen LogP contribution in [0.4, 0.5) is 5.69 Å². The number of benzene rings is 1. The zero-order valence-electron chi connectivity index (χ0n) is 14.4. The van der Waals surface area contributed by atoms with Gasteiger partial charge in [0.05, 0.1) is 20.5 Å². The number of ether oxygens (including phenoxy) is 2. The molecule has 0 aliphatic rings. The third kappa shape index (κ3) is 3.36. The van der Waals surface area contributed by atoms with Gasteiger partial charge in [-0.2, -0.15) is 0 Å². The summed E-state index contributed by atoms with van der Waals surface area (Å²) in [5.41, 5.74) is 1.89. The number of aryl methyl sites for hydroxylation is 2. The summed E-state index contributed by atoms with van der Waals surface area (Å²) in [6.45, 7) is 3.75. The van der Waals surface area contributed by atoms with Crippen LogP contribution in [-0.4, -0.2) is 25.1 Å². The first kappa shape index (κ1) is 17.0. The Hall–Kier alpha value is -2.80. The molecular formula is C18H18N2O4S. The van der Waals surface area contributed by atoms with Gasteiger partial charge >= 0.3 is 0 Å². The van der Waals surface area contributed by atoms with Gasteiger partial charge in [0.15, 0.2) is 22.3 Å². The molecule has 1 N–H and O–H groups in total. The van der Waals surface area contributed by atoms with E-state index in [9.17, 15) is 4.79 Å². The standard InChI is InChI=1S/C18H18N2O4S/c1-10-8-14(22-3)15(23-4)9-12(10)19-17(21)16-11(2)25-18(20-16)13-6-5-7-24-13/h5-9H,1-4H3,(H,19,21). The van der Waals surface area contributed by atoms with Gasteiger partial charge in [-0.05, 0) is 37.6 Å². The van der Waals surface area contributed by atoms with Crippen molar-refractivity contribution in [2.45, 2.75) is 13.8 Å². The quantitative estimate of drug-likeness (QED) is 0.736. The molecule has 0 radical (unpaired) electrons. The predicted octanol–water partition coefficient (Wildman–Crippen LogP) is 4.29. The lowest BCUT2D eigenvalue weighted by Crippen LogP contribution is -2.14. The summed E-state index contributed by atoms with van der Waals surface area (Å²) in [4.78, 5) is 17.9. The highest BCUT2D eigenvalue weighted by atomic mass is 32.1. The Kier molecular flexibility index (Phi) is 4.76. The number of carbonyl (C=O) groups excluding carboxylic acids is 1. The number of thiazole rings is 1. The molecule has 1 amide bonds. The molecule has 0 aliphatic carbocycles. The van der Waals surface area contributed by atoms with E-state index in [0.717, 1.165) is 10.4 Å². The molecular weight excluding hydrogens is 340 g/mol. The second kappa shape index (κ2) is 6.98. The van der Waals surface area contributed by atoms with Gasteiger partial charge in [-0.25, -0.2) is 4.98 Å². The van der Waals surface area contributed by atoms with E-state index in [1.807, 2.05) is 26.0 Å². The van der Waals surface area contributed by atoms with Crippen LogP contribution in [0.2, 0.25) is 0 Å². The maximum absolute atomic E-state index is 12.7. The lowest BCUT2D eigenvalue weighted by atomic mass is 10.1. The minimum atomic E-state index is -0.276. The largest absolute Gasteiger partial charge is 0.493 e. The van der Waals surface area contributed by atoms with Crippen molar-refractivity contribution < 1.29 is 18.7 Å². The Morgan fingerprint density at radius 2 is 1.92 bits per heavy atom. The van der Waals surface area contributed by atoms with E-state index in [0.29, 0.717) is 33.6 Å². The molecule has 1 aromatic carbocycles. The fourth-order valence-electron chi connectivity index (χ4n) is 2.41. The number of carbonyl (C=O) groups is 1. The summed E-state index contributed by atoms with van der Waals surface area (Å²) in [6.07, 6.45) is 1.58. The smallest absolute Gasteiger partial charge is 0.275 e. The van der Waals surface area contributed by atoms with Crippen molar-refractivity contribution in [3.8, 4) is 22.3 Å². The number of rotatable bonds is 5. The second-order valence-corrected chi connectivity index (χ2v) is 6.58. The number of furan rings is 1. The minimum Gasteiger partial charge on any atom is -0.493 e. The van der Waals surface area contributed by atoms with Crippen LogP contribution in [0.15, 0.2) is 34.9 Å². The highest BCUT2D eigenvalue weighted by Crippen LogP contribution is 2.34. The Bertz CT molecular complexity index is 900. The topological polar surface area (TPSA) is 73.6 Å². The lowest BCUT2D eigenvalue weighted by Gasteiger charge is -2.13. The van der Waals surface area contributed by atoms with Gasteiger partial charge in [0, 0.05) is 16.6 Å².